The van der Waals surface area contributed by atoms with Crippen molar-refractivity contribution in [2.24, 2.45) is 0 Å². The molecule has 19 heavy (non-hydrogen) atoms. The number of rotatable bonds is 5. The molecule has 1 aromatic heterocycles. The van der Waals surface area contributed by atoms with Gasteiger partial charge in [0.1, 0.15) is 12.2 Å². The normalized spacial score (nSPS) is 11.7. The average molecular weight is 282 g/mol. The van der Waals surface area contributed by atoms with E-state index in [-0.39, 0.29) is 18.0 Å². The number of aryl methyl sites for hydroxylation is 1. The van der Waals surface area contributed by atoms with Crippen LogP contribution in [0.1, 0.15) is 17.0 Å². The summed E-state index contributed by atoms with van der Waals surface area (Å²) in [6.07, 6.45) is 1.31. The van der Waals surface area contributed by atoms with Crippen LogP contribution in [0.5, 0.6) is 0 Å². The fourth-order valence-electron chi connectivity index (χ4n) is 1.59. The van der Waals surface area contributed by atoms with Gasteiger partial charge in [0.15, 0.2) is 0 Å². The molecule has 0 spiro atoms. The number of benzene rings is 1. The molecule has 0 aliphatic carbocycles. The predicted molar refractivity (Wildman–Crippen MR) is 67.5 cm³/mol. The molecule has 3 N–H and O–H groups in total. The van der Waals surface area contributed by atoms with Crippen LogP contribution >= 0.6 is 0 Å². The maximum atomic E-state index is 12.2. The number of aliphatic hydroxyl groups is 1. The lowest BCUT2D eigenvalue weighted by molar-refractivity contribution is 0.281. The van der Waals surface area contributed by atoms with Gasteiger partial charge >= 0.3 is 0 Å². The number of hydrogen-bond acceptors (Lipinski definition) is 5. The van der Waals surface area contributed by atoms with Crippen LogP contribution in [0.25, 0.3) is 0 Å². The first-order valence-corrected chi connectivity index (χ1v) is 7.05. The highest BCUT2D eigenvalue weighted by atomic mass is 32.2. The lowest BCUT2D eigenvalue weighted by atomic mass is 10.2. The summed E-state index contributed by atoms with van der Waals surface area (Å²) in [4.78, 5) is 3.99. The summed E-state index contributed by atoms with van der Waals surface area (Å²) in [5, 5.41) is 15.3. The van der Waals surface area contributed by atoms with Gasteiger partial charge in [-0.2, -0.15) is 5.10 Å². The van der Waals surface area contributed by atoms with E-state index in [1.807, 2.05) is 0 Å². The number of aromatic amines is 1. The van der Waals surface area contributed by atoms with E-state index in [0.29, 0.717) is 17.0 Å². The van der Waals surface area contributed by atoms with Crippen LogP contribution in [0.3, 0.4) is 0 Å². The van der Waals surface area contributed by atoms with Crippen molar-refractivity contribution in [2.45, 2.75) is 25.0 Å². The van der Waals surface area contributed by atoms with Crippen LogP contribution in [0.4, 0.5) is 0 Å². The molecule has 0 saturated heterocycles. The van der Waals surface area contributed by atoms with E-state index in [2.05, 4.69) is 19.9 Å². The van der Waals surface area contributed by atoms with Crippen LogP contribution in [0.15, 0.2) is 29.4 Å². The molecule has 8 heteroatoms. The Bertz CT molecular complexity index is 653. The second kappa shape index (κ2) is 5.47. The van der Waals surface area contributed by atoms with Crippen LogP contribution in [0, 0.1) is 6.92 Å². The lowest BCUT2D eigenvalue weighted by Gasteiger charge is -2.09. The van der Waals surface area contributed by atoms with E-state index >= 15 is 0 Å². The minimum Gasteiger partial charge on any atom is -0.392 e. The highest BCUT2D eigenvalue weighted by Gasteiger charge is 2.17. The first-order chi connectivity index (χ1) is 9.03. The van der Waals surface area contributed by atoms with E-state index in [0.717, 1.165) is 0 Å². The van der Waals surface area contributed by atoms with Gasteiger partial charge in [-0.15, -0.1) is 0 Å². The standard InChI is InChI=1S/C11H14N4O3S/c1-8-2-3-9(6-16)4-10(8)19(17,18)14-5-11-12-7-13-15-11/h2-4,7,14,16H,5-6H2,1H3,(H,12,13,15). The third-order valence-electron chi connectivity index (χ3n) is 2.62. The van der Waals surface area contributed by atoms with Crippen molar-refractivity contribution < 1.29 is 13.5 Å². The van der Waals surface area contributed by atoms with Gasteiger partial charge in [0.05, 0.1) is 18.0 Å². The number of hydrogen-bond donors (Lipinski definition) is 3. The highest BCUT2D eigenvalue weighted by Crippen LogP contribution is 2.17. The van der Waals surface area contributed by atoms with Gasteiger partial charge in [-0.25, -0.2) is 18.1 Å². The summed E-state index contributed by atoms with van der Waals surface area (Å²) in [7, 11) is -3.65. The maximum absolute atomic E-state index is 12.2. The number of aliphatic hydroxyl groups excluding tert-OH is 1. The summed E-state index contributed by atoms with van der Waals surface area (Å²) in [5.74, 6) is 0.430. The summed E-state index contributed by atoms with van der Waals surface area (Å²) < 4.78 is 26.7. The van der Waals surface area contributed by atoms with Gasteiger partial charge in [0, 0.05) is 0 Å². The Balaban J connectivity index is 2.23. The van der Waals surface area contributed by atoms with Crippen LogP contribution in [-0.2, 0) is 23.2 Å². The Hall–Kier alpha value is -1.77. The first kappa shape index (κ1) is 13.7. The smallest absolute Gasteiger partial charge is 0.241 e. The first-order valence-electron chi connectivity index (χ1n) is 5.57. The molecule has 0 unspecified atom stereocenters. The lowest BCUT2D eigenvalue weighted by Crippen LogP contribution is -2.24. The van der Waals surface area contributed by atoms with E-state index < -0.39 is 10.0 Å². The number of aromatic nitrogens is 3. The third kappa shape index (κ3) is 3.16. The Labute approximate surface area is 110 Å². The van der Waals surface area contributed by atoms with E-state index in [1.54, 1.807) is 19.1 Å². The Morgan fingerprint density at radius 1 is 1.42 bits per heavy atom. The van der Waals surface area contributed by atoms with Crippen LogP contribution < -0.4 is 4.72 Å². The van der Waals surface area contributed by atoms with Gasteiger partial charge in [-0.05, 0) is 24.1 Å². The Morgan fingerprint density at radius 3 is 2.84 bits per heavy atom. The van der Waals surface area contributed by atoms with Gasteiger partial charge < -0.3 is 5.11 Å². The molecule has 102 valence electrons. The van der Waals surface area contributed by atoms with Crippen LogP contribution in [0.2, 0.25) is 0 Å². The number of nitrogens with one attached hydrogen (secondary N) is 2. The molecule has 2 rings (SSSR count). The van der Waals surface area contributed by atoms with Crippen molar-refractivity contribution in [3.05, 3.63) is 41.5 Å². The van der Waals surface area contributed by atoms with E-state index in [9.17, 15) is 8.42 Å². The van der Waals surface area contributed by atoms with Crippen molar-refractivity contribution in [2.75, 3.05) is 0 Å². The zero-order chi connectivity index (χ0) is 13.9. The molecule has 0 bridgehead atoms. The summed E-state index contributed by atoms with van der Waals surface area (Å²) >= 11 is 0. The fraction of sp³-hybridized carbons (Fsp3) is 0.273. The molecule has 1 aromatic carbocycles. The van der Waals surface area contributed by atoms with Crippen molar-refractivity contribution in [3.63, 3.8) is 0 Å². The summed E-state index contributed by atoms with van der Waals surface area (Å²) in [6.45, 7) is 1.53. The molecule has 0 saturated carbocycles. The molecule has 7 nitrogen and oxygen atoms in total. The van der Waals surface area contributed by atoms with Crippen molar-refractivity contribution in [1.29, 1.82) is 0 Å². The minimum absolute atomic E-state index is 0.0329. The Kier molecular flexibility index (Phi) is 3.93. The van der Waals surface area contributed by atoms with Gasteiger partial charge in [-0.1, -0.05) is 12.1 Å². The largest absolute Gasteiger partial charge is 0.392 e. The van der Waals surface area contributed by atoms with E-state index in [4.69, 9.17) is 5.11 Å². The molecule has 0 fully saturated rings. The van der Waals surface area contributed by atoms with Gasteiger partial charge in [0.25, 0.3) is 0 Å². The van der Waals surface area contributed by atoms with Crippen molar-refractivity contribution in [3.8, 4) is 0 Å². The molecule has 0 atom stereocenters. The monoisotopic (exact) mass is 282 g/mol. The second-order valence-electron chi connectivity index (χ2n) is 4.01. The average Bonchev–Trinajstić information content (AvgIpc) is 2.90. The number of nitrogens with zero attached hydrogens (tertiary/aromatic N) is 2. The Morgan fingerprint density at radius 2 is 2.21 bits per heavy atom. The molecule has 0 radical (unpaired) electrons. The third-order valence-corrected chi connectivity index (χ3v) is 4.16. The SMILES string of the molecule is Cc1ccc(CO)cc1S(=O)(=O)NCc1ncn[nH]1. The molecular formula is C11H14N4O3S. The zero-order valence-electron chi connectivity index (χ0n) is 10.3. The molecule has 2 aromatic rings. The summed E-state index contributed by atoms with van der Waals surface area (Å²) in [5.41, 5.74) is 1.16. The van der Waals surface area contributed by atoms with Gasteiger partial charge in [0.2, 0.25) is 10.0 Å². The maximum Gasteiger partial charge on any atom is 0.241 e. The van der Waals surface area contributed by atoms with E-state index in [1.165, 1.54) is 12.4 Å². The number of H-pyrrole nitrogens is 1. The molecular weight excluding hydrogens is 268 g/mol. The summed E-state index contributed by atoms with van der Waals surface area (Å²) in [6, 6.07) is 4.80. The second-order valence-corrected chi connectivity index (χ2v) is 5.75. The predicted octanol–water partition coefficient (Wildman–Crippen LogP) is 0.0839. The molecule has 1 heterocycles. The number of sulfonamides is 1. The topological polar surface area (TPSA) is 108 Å². The fourth-order valence-corrected chi connectivity index (χ4v) is 2.87. The van der Waals surface area contributed by atoms with Crippen molar-refractivity contribution >= 4 is 10.0 Å². The van der Waals surface area contributed by atoms with Crippen LogP contribution in [-0.4, -0.2) is 28.7 Å². The van der Waals surface area contributed by atoms with Gasteiger partial charge in [-0.3, -0.25) is 5.10 Å². The minimum atomic E-state index is -3.65. The molecule has 0 amide bonds. The highest BCUT2D eigenvalue weighted by molar-refractivity contribution is 7.89. The molecule has 0 aliphatic heterocycles. The van der Waals surface area contributed by atoms with Crippen molar-refractivity contribution in [1.82, 2.24) is 19.9 Å². The zero-order valence-corrected chi connectivity index (χ0v) is 11.1. The quantitative estimate of drug-likeness (QED) is 0.720. The molecule has 0 aliphatic rings.